The number of rotatable bonds is 3. The topological polar surface area (TPSA) is 29.3 Å². The number of nitrogens with two attached hydrogens (primary N) is 1. The van der Waals surface area contributed by atoms with Gasteiger partial charge in [-0.05, 0) is 51.0 Å². The second-order valence-electron chi connectivity index (χ2n) is 5.87. The van der Waals surface area contributed by atoms with Crippen molar-refractivity contribution in [3.05, 3.63) is 0 Å². The van der Waals surface area contributed by atoms with Gasteiger partial charge < -0.3 is 10.6 Å². The highest BCUT2D eigenvalue weighted by Crippen LogP contribution is 2.30. The third-order valence-electron chi connectivity index (χ3n) is 4.52. The van der Waals surface area contributed by atoms with E-state index in [-0.39, 0.29) is 0 Å². The lowest BCUT2D eigenvalue weighted by Crippen LogP contribution is -2.46. The van der Waals surface area contributed by atoms with Crippen LogP contribution in [0, 0.1) is 11.8 Å². The molecule has 2 fully saturated rings. The lowest BCUT2D eigenvalue weighted by molar-refractivity contribution is 0.108. The molecule has 0 heterocycles. The summed E-state index contributed by atoms with van der Waals surface area (Å²) >= 11 is 0. The molecule has 0 bridgehead atoms. The largest absolute Gasteiger partial charge is 0.327 e. The van der Waals surface area contributed by atoms with Gasteiger partial charge in [0.15, 0.2) is 0 Å². The molecule has 0 aromatic carbocycles. The lowest BCUT2D eigenvalue weighted by Gasteiger charge is -2.40. The minimum Gasteiger partial charge on any atom is -0.327 e. The van der Waals surface area contributed by atoms with Crippen LogP contribution in [0.1, 0.15) is 45.4 Å². The van der Waals surface area contributed by atoms with Crippen LogP contribution in [0.25, 0.3) is 0 Å². The summed E-state index contributed by atoms with van der Waals surface area (Å²) in [6.07, 6.45) is 8.18. The summed E-state index contributed by atoms with van der Waals surface area (Å²) in [5.74, 6) is 1.64. The van der Waals surface area contributed by atoms with Crippen LogP contribution in [0.3, 0.4) is 0 Å². The van der Waals surface area contributed by atoms with Crippen LogP contribution in [0.4, 0.5) is 0 Å². The van der Waals surface area contributed by atoms with Crippen molar-refractivity contribution in [3.63, 3.8) is 0 Å². The lowest BCUT2D eigenvalue weighted by atomic mass is 9.78. The van der Waals surface area contributed by atoms with Gasteiger partial charge in [-0.1, -0.05) is 13.3 Å². The molecule has 0 aliphatic heterocycles. The van der Waals surface area contributed by atoms with Crippen LogP contribution in [0.2, 0.25) is 0 Å². The first-order valence-corrected chi connectivity index (χ1v) is 6.62. The van der Waals surface area contributed by atoms with E-state index >= 15 is 0 Å². The van der Waals surface area contributed by atoms with E-state index in [1.807, 2.05) is 0 Å². The average Bonchev–Trinajstić information content (AvgIpc) is 2.08. The summed E-state index contributed by atoms with van der Waals surface area (Å²) in [7, 11) is 2.29. The Morgan fingerprint density at radius 3 is 2.53 bits per heavy atom. The van der Waals surface area contributed by atoms with Gasteiger partial charge in [-0.3, -0.25) is 0 Å². The Bertz CT molecular complexity index is 201. The van der Waals surface area contributed by atoms with E-state index in [1.165, 1.54) is 45.1 Å². The second kappa shape index (κ2) is 4.84. The second-order valence-corrected chi connectivity index (χ2v) is 5.87. The molecular weight excluding hydrogens is 184 g/mol. The maximum atomic E-state index is 6.22. The molecule has 2 nitrogen and oxygen atoms in total. The Kier molecular flexibility index (Phi) is 3.68. The van der Waals surface area contributed by atoms with E-state index in [0.717, 1.165) is 17.9 Å². The minimum atomic E-state index is 0.462. The van der Waals surface area contributed by atoms with Crippen molar-refractivity contribution >= 4 is 0 Å². The third-order valence-corrected chi connectivity index (χ3v) is 4.52. The zero-order valence-corrected chi connectivity index (χ0v) is 10.3. The molecule has 15 heavy (non-hydrogen) atoms. The van der Waals surface area contributed by atoms with E-state index in [2.05, 4.69) is 18.9 Å². The van der Waals surface area contributed by atoms with Crippen LogP contribution in [0.5, 0.6) is 0 Å². The highest BCUT2D eigenvalue weighted by molar-refractivity contribution is 4.86. The van der Waals surface area contributed by atoms with Gasteiger partial charge in [0.05, 0.1) is 0 Å². The normalized spacial score (nSPS) is 38.0. The molecule has 0 aromatic heterocycles. The highest BCUT2D eigenvalue weighted by atomic mass is 15.1. The molecule has 0 radical (unpaired) electrons. The molecule has 2 aliphatic rings. The predicted molar refractivity (Wildman–Crippen MR) is 64.7 cm³/mol. The van der Waals surface area contributed by atoms with Crippen LogP contribution in [0.15, 0.2) is 0 Å². The smallest absolute Gasteiger partial charge is 0.00923 e. The van der Waals surface area contributed by atoms with Gasteiger partial charge in [0.25, 0.3) is 0 Å². The molecule has 2 aliphatic carbocycles. The Labute approximate surface area is 94.2 Å². The molecular formula is C13H26N2. The maximum absolute atomic E-state index is 6.22. The van der Waals surface area contributed by atoms with Gasteiger partial charge in [0, 0.05) is 18.6 Å². The van der Waals surface area contributed by atoms with E-state index in [1.54, 1.807) is 0 Å². The van der Waals surface area contributed by atoms with Crippen molar-refractivity contribution in [2.24, 2.45) is 17.6 Å². The quantitative estimate of drug-likeness (QED) is 0.774. The summed E-state index contributed by atoms with van der Waals surface area (Å²) in [4.78, 5) is 2.56. The first-order valence-electron chi connectivity index (χ1n) is 6.62. The van der Waals surface area contributed by atoms with Crippen molar-refractivity contribution in [2.75, 3.05) is 13.6 Å². The molecule has 0 spiro atoms. The number of hydrogen-bond donors (Lipinski definition) is 1. The van der Waals surface area contributed by atoms with Crippen LogP contribution < -0.4 is 5.73 Å². The highest BCUT2D eigenvalue weighted by Gasteiger charge is 2.30. The fourth-order valence-corrected chi connectivity index (χ4v) is 3.08. The van der Waals surface area contributed by atoms with E-state index in [4.69, 9.17) is 5.73 Å². The Morgan fingerprint density at radius 2 is 1.93 bits per heavy atom. The minimum absolute atomic E-state index is 0.462. The average molecular weight is 210 g/mol. The summed E-state index contributed by atoms with van der Waals surface area (Å²) < 4.78 is 0. The van der Waals surface area contributed by atoms with Crippen LogP contribution in [-0.2, 0) is 0 Å². The van der Waals surface area contributed by atoms with Crippen molar-refractivity contribution in [2.45, 2.75) is 57.5 Å². The first-order chi connectivity index (χ1) is 7.16. The molecule has 88 valence electrons. The zero-order valence-electron chi connectivity index (χ0n) is 10.3. The summed E-state index contributed by atoms with van der Waals surface area (Å²) in [6, 6.07) is 1.33. The van der Waals surface area contributed by atoms with Crippen molar-refractivity contribution < 1.29 is 0 Å². The molecule has 0 amide bonds. The fraction of sp³-hybridized carbons (Fsp3) is 1.00. The van der Waals surface area contributed by atoms with Gasteiger partial charge >= 0.3 is 0 Å². The van der Waals surface area contributed by atoms with Crippen molar-refractivity contribution in [3.8, 4) is 0 Å². The van der Waals surface area contributed by atoms with E-state index in [0.29, 0.717) is 6.04 Å². The number of hydrogen-bond acceptors (Lipinski definition) is 2. The van der Waals surface area contributed by atoms with Crippen LogP contribution in [-0.4, -0.2) is 30.6 Å². The zero-order chi connectivity index (χ0) is 10.8. The maximum Gasteiger partial charge on any atom is 0.00923 e. The summed E-state index contributed by atoms with van der Waals surface area (Å²) in [6.45, 7) is 3.61. The molecule has 3 unspecified atom stereocenters. The van der Waals surface area contributed by atoms with E-state index in [9.17, 15) is 0 Å². The Hall–Kier alpha value is -0.0800. The molecule has 2 saturated carbocycles. The van der Waals surface area contributed by atoms with Gasteiger partial charge in [0.2, 0.25) is 0 Å². The molecule has 2 N–H and O–H groups in total. The van der Waals surface area contributed by atoms with Gasteiger partial charge in [0.1, 0.15) is 0 Å². The van der Waals surface area contributed by atoms with Gasteiger partial charge in [-0.25, -0.2) is 0 Å². The third kappa shape index (κ3) is 2.73. The Morgan fingerprint density at radius 1 is 1.20 bits per heavy atom. The first kappa shape index (κ1) is 11.4. The number of nitrogens with zero attached hydrogens (tertiary/aromatic N) is 1. The molecule has 3 atom stereocenters. The Balaban J connectivity index is 1.80. The predicted octanol–water partition coefficient (Wildman–Crippen LogP) is 2.23. The van der Waals surface area contributed by atoms with Gasteiger partial charge in [-0.15, -0.1) is 0 Å². The van der Waals surface area contributed by atoms with Crippen LogP contribution >= 0.6 is 0 Å². The molecule has 2 heteroatoms. The molecule has 2 rings (SSSR count). The van der Waals surface area contributed by atoms with E-state index < -0.39 is 0 Å². The molecule has 0 saturated heterocycles. The molecule has 0 aromatic rings. The monoisotopic (exact) mass is 210 g/mol. The fourth-order valence-electron chi connectivity index (χ4n) is 3.08. The SMILES string of the molecule is CC1CCC(N)C(CN(C)C2CCC2)C1. The standard InChI is InChI=1S/C13H26N2/c1-10-6-7-13(14)11(8-10)9-15(2)12-4-3-5-12/h10-13H,3-9,14H2,1-2H3. The van der Waals surface area contributed by atoms with Crippen molar-refractivity contribution in [1.82, 2.24) is 4.90 Å². The summed E-state index contributed by atoms with van der Waals surface area (Å²) in [5, 5.41) is 0. The van der Waals surface area contributed by atoms with Crippen molar-refractivity contribution in [1.29, 1.82) is 0 Å². The van der Waals surface area contributed by atoms with Gasteiger partial charge in [-0.2, -0.15) is 0 Å². The summed E-state index contributed by atoms with van der Waals surface area (Å²) in [5.41, 5.74) is 6.22.